The van der Waals surface area contributed by atoms with Crippen LogP contribution in [0.3, 0.4) is 0 Å². The highest BCUT2D eigenvalue weighted by molar-refractivity contribution is 6.97. The van der Waals surface area contributed by atoms with Crippen molar-refractivity contribution in [1.82, 2.24) is 0 Å². The fraction of sp³-hybridized carbons (Fsp3) is 0.182. The van der Waals surface area contributed by atoms with E-state index >= 15 is 0 Å². The molecule has 2 aromatic carbocycles. The van der Waals surface area contributed by atoms with E-state index in [9.17, 15) is 0 Å². The number of nitrogen functional groups attached to an aromatic ring is 1. The molecular formula is C22H25N2Si+. The van der Waals surface area contributed by atoms with Crippen LogP contribution in [0.4, 0.5) is 5.69 Å². The van der Waals surface area contributed by atoms with E-state index in [2.05, 4.69) is 80.4 Å². The first-order valence-electron chi connectivity index (χ1n) is 8.84. The molecule has 1 unspecified atom stereocenters. The third kappa shape index (κ3) is 2.43. The van der Waals surface area contributed by atoms with Crippen molar-refractivity contribution in [1.29, 1.82) is 0 Å². The van der Waals surface area contributed by atoms with Gasteiger partial charge in [0.2, 0.25) is 0 Å². The van der Waals surface area contributed by atoms with E-state index in [4.69, 9.17) is 5.73 Å². The summed E-state index contributed by atoms with van der Waals surface area (Å²) in [5.74, 6) is 0. The van der Waals surface area contributed by atoms with Gasteiger partial charge in [0.15, 0.2) is 0 Å². The monoisotopic (exact) mass is 345 g/mol. The molecule has 25 heavy (non-hydrogen) atoms. The predicted octanol–water partition coefficient (Wildman–Crippen LogP) is 2.95. The summed E-state index contributed by atoms with van der Waals surface area (Å²) in [6.07, 6.45) is 6.87. The molecule has 0 amide bonds. The van der Waals surface area contributed by atoms with Crippen LogP contribution in [0.2, 0.25) is 13.1 Å². The lowest BCUT2D eigenvalue weighted by atomic mass is 9.87. The number of nitrogens with two attached hydrogens (primary N) is 1. The molecule has 1 atom stereocenters. The highest BCUT2D eigenvalue weighted by Crippen LogP contribution is 2.42. The van der Waals surface area contributed by atoms with Gasteiger partial charge in [0.1, 0.15) is 14.1 Å². The smallest absolute Gasteiger partial charge is 0.122 e. The minimum absolute atomic E-state index is 0.242. The molecule has 126 valence electrons. The first kappa shape index (κ1) is 16.1. The zero-order valence-corrected chi connectivity index (χ0v) is 16.1. The molecule has 5 N–H and O–H groups in total. The Kier molecular flexibility index (Phi) is 3.60. The largest absolute Gasteiger partial charge is 0.399 e. The van der Waals surface area contributed by atoms with Crippen molar-refractivity contribution in [2.45, 2.75) is 26.1 Å². The molecule has 0 aromatic heterocycles. The second-order valence-electron chi connectivity index (χ2n) is 7.64. The Labute approximate surface area is 150 Å². The number of quaternary nitrogens is 1. The van der Waals surface area contributed by atoms with Crippen LogP contribution in [0.25, 0.3) is 5.57 Å². The van der Waals surface area contributed by atoms with Gasteiger partial charge in [-0.05, 0) is 69.4 Å². The van der Waals surface area contributed by atoms with E-state index in [0.29, 0.717) is 0 Å². The molecule has 3 heteroatoms. The predicted molar refractivity (Wildman–Crippen MR) is 109 cm³/mol. The van der Waals surface area contributed by atoms with Crippen molar-refractivity contribution in [2.24, 2.45) is 0 Å². The van der Waals surface area contributed by atoms with Gasteiger partial charge in [-0.3, -0.25) is 0 Å². The van der Waals surface area contributed by atoms with Crippen molar-refractivity contribution in [3.8, 4) is 0 Å². The van der Waals surface area contributed by atoms with Gasteiger partial charge in [-0.25, -0.2) is 0 Å². The lowest BCUT2D eigenvalue weighted by Gasteiger charge is -2.38. The van der Waals surface area contributed by atoms with Gasteiger partial charge in [-0.2, -0.15) is 0 Å². The van der Waals surface area contributed by atoms with Gasteiger partial charge in [-0.1, -0.05) is 49.5 Å². The van der Waals surface area contributed by atoms with Crippen LogP contribution < -0.4 is 16.7 Å². The van der Waals surface area contributed by atoms with Gasteiger partial charge in [0.05, 0.1) is 0 Å². The van der Waals surface area contributed by atoms with Crippen LogP contribution in [0.5, 0.6) is 0 Å². The van der Waals surface area contributed by atoms with Crippen molar-refractivity contribution in [3.05, 3.63) is 88.2 Å². The van der Waals surface area contributed by atoms with Crippen LogP contribution in [-0.4, -0.2) is 14.1 Å². The molecule has 0 saturated carbocycles. The third-order valence-corrected chi connectivity index (χ3v) is 9.07. The number of hydrogen-bond acceptors (Lipinski definition) is 1. The Hall–Kier alpha value is -2.36. The Balaban J connectivity index is 2.12. The minimum atomic E-state index is -1.81. The molecular weight excluding hydrogens is 320 g/mol. The second kappa shape index (κ2) is 5.58. The average molecular weight is 346 g/mol. The number of rotatable bonds is 1. The first-order chi connectivity index (χ1) is 11.9. The van der Waals surface area contributed by atoms with E-state index < -0.39 is 8.07 Å². The van der Waals surface area contributed by atoms with Crippen molar-refractivity contribution >= 4 is 24.5 Å². The molecule has 2 aromatic rings. The normalized spacial score (nSPS) is 20.8. The van der Waals surface area contributed by atoms with Gasteiger partial charge in [0.25, 0.3) is 0 Å². The maximum Gasteiger partial charge on any atom is 0.122 e. The summed E-state index contributed by atoms with van der Waals surface area (Å²) in [4.78, 5) is 0. The van der Waals surface area contributed by atoms with Gasteiger partial charge >= 0.3 is 0 Å². The van der Waals surface area contributed by atoms with E-state index in [-0.39, 0.29) is 6.04 Å². The summed E-state index contributed by atoms with van der Waals surface area (Å²) in [5.41, 5.74) is 18.0. The molecule has 0 fully saturated rings. The minimum Gasteiger partial charge on any atom is -0.399 e. The summed E-state index contributed by atoms with van der Waals surface area (Å²) < 4.78 is 0. The molecule has 4 rings (SSSR count). The summed E-state index contributed by atoms with van der Waals surface area (Å²) >= 11 is 0. The SMILES string of the molecule is Cc1ccccc1C1=C2C=CC([NH3+])C=C2[Si](C)(C)c2cc(N)ccc21. The highest BCUT2D eigenvalue weighted by Gasteiger charge is 2.40. The fourth-order valence-electron chi connectivity index (χ4n) is 4.16. The van der Waals surface area contributed by atoms with Crippen LogP contribution in [0, 0.1) is 6.92 Å². The van der Waals surface area contributed by atoms with Crippen LogP contribution in [0.1, 0.15) is 16.7 Å². The first-order valence-corrected chi connectivity index (χ1v) is 11.8. The Morgan fingerprint density at radius 3 is 2.56 bits per heavy atom. The zero-order valence-electron chi connectivity index (χ0n) is 15.1. The van der Waals surface area contributed by atoms with E-state index in [0.717, 1.165) is 5.69 Å². The number of hydrogen-bond donors (Lipinski definition) is 2. The summed E-state index contributed by atoms with van der Waals surface area (Å²) in [6, 6.07) is 15.4. The van der Waals surface area contributed by atoms with Crippen LogP contribution in [0.15, 0.2) is 71.5 Å². The summed E-state index contributed by atoms with van der Waals surface area (Å²) in [7, 11) is -1.81. The average Bonchev–Trinajstić information content (AvgIpc) is 2.58. The molecule has 1 aliphatic carbocycles. The standard InChI is InChI=1S/C22H24N2Si/c1-14-6-4-5-7-17(14)22-18-10-8-15(23)12-20(18)25(2,3)21-13-16(24)9-11-19(21)22/h4-13,15H,23-24H2,1-3H3/p+1. The second-order valence-corrected chi connectivity index (χ2v) is 12.0. The summed E-state index contributed by atoms with van der Waals surface area (Å²) in [6.45, 7) is 7.05. The molecule has 1 heterocycles. The molecule has 1 aliphatic heterocycles. The van der Waals surface area contributed by atoms with Crippen molar-refractivity contribution < 1.29 is 5.73 Å². The lowest BCUT2D eigenvalue weighted by molar-refractivity contribution is -0.387. The zero-order chi connectivity index (χ0) is 17.8. The maximum absolute atomic E-state index is 6.17. The number of aryl methyl sites for hydroxylation is 1. The van der Waals surface area contributed by atoms with Crippen LogP contribution in [-0.2, 0) is 0 Å². The van der Waals surface area contributed by atoms with Gasteiger partial charge in [0, 0.05) is 5.69 Å². The van der Waals surface area contributed by atoms with Crippen LogP contribution >= 0.6 is 0 Å². The Morgan fingerprint density at radius 1 is 1.04 bits per heavy atom. The Bertz CT molecular complexity index is 964. The van der Waals surface area contributed by atoms with Crippen molar-refractivity contribution in [2.75, 3.05) is 5.73 Å². The number of allylic oxidation sites excluding steroid dienone is 3. The quantitative estimate of drug-likeness (QED) is 0.606. The van der Waals surface area contributed by atoms with Gasteiger partial charge in [-0.15, -0.1) is 0 Å². The molecule has 0 radical (unpaired) electrons. The van der Waals surface area contributed by atoms with E-state index in [1.807, 2.05) is 6.07 Å². The number of benzene rings is 2. The fourth-order valence-corrected chi connectivity index (χ4v) is 7.37. The van der Waals surface area contributed by atoms with Gasteiger partial charge < -0.3 is 11.5 Å². The van der Waals surface area contributed by atoms with Crippen molar-refractivity contribution in [3.63, 3.8) is 0 Å². The molecule has 0 bridgehead atoms. The molecule has 2 aliphatic rings. The lowest BCUT2D eigenvalue weighted by Crippen LogP contribution is -2.60. The maximum atomic E-state index is 6.17. The van der Waals surface area contributed by atoms with E-state index in [1.165, 1.54) is 38.2 Å². The molecule has 0 spiro atoms. The topological polar surface area (TPSA) is 53.7 Å². The highest BCUT2D eigenvalue weighted by atomic mass is 28.3. The summed E-state index contributed by atoms with van der Waals surface area (Å²) in [5, 5.41) is 2.93. The van der Waals surface area contributed by atoms with E-state index in [1.54, 1.807) is 0 Å². The number of anilines is 1. The molecule has 2 nitrogen and oxygen atoms in total. The molecule has 0 saturated heterocycles. The third-order valence-electron chi connectivity index (χ3n) is 5.52. The number of fused-ring (bicyclic) bond motifs is 2. The Morgan fingerprint density at radius 2 is 1.80 bits per heavy atom.